The molecule has 0 N–H and O–H groups in total. The van der Waals surface area contributed by atoms with Crippen LogP contribution < -0.4 is 5.32 Å². The fourth-order valence-corrected chi connectivity index (χ4v) is 2.25. The molecule has 1 saturated heterocycles. The molecule has 1 unspecified atom stereocenters. The molecule has 3 heteroatoms. The summed E-state index contributed by atoms with van der Waals surface area (Å²) in [5.41, 5.74) is 0. The average Bonchev–Trinajstić information content (AvgIpc) is 2.07. The van der Waals surface area contributed by atoms with Crippen LogP contribution in [0.25, 0.3) is 0 Å². The monoisotopic (exact) mass is 173 g/mol. The van der Waals surface area contributed by atoms with Crippen molar-refractivity contribution in [2.45, 2.75) is 19.5 Å². The van der Waals surface area contributed by atoms with Gasteiger partial charge in [0.05, 0.1) is 6.17 Å². The molecule has 0 aromatic carbocycles. The van der Waals surface area contributed by atoms with E-state index in [0.29, 0.717) is 6.17 Å². The van der Waals surface area contributed by atoms with Crippen molar-refractivity contribution in [1.82, 2.24) is 10.2 Å². The molecule has 1 heterocycles. The first-order valence-corrected chi connectivity index (χ1v) is 5.44. The van der Waals surface area contributed by atoms with Gasteiger partial charge in [0.25, 0.3) is 0 Å². The summed E-state index contributed by atoms with van der Waals surface area (Å²) in [7, 11) is 2.17. The molecular weight excluding hydrogens is 156 g/mol. The van der Waals surface area contributed by atoms with Crippen molar-refractivity contribution in [3.63, 3.8) is 0 Å². The van der Waals surface area contributed by atoms with Crippen LogP contribution in [0.3, 0.4) is 0 Å². The Bertz CT molecular complexity index is 102. The molecule has 1 atom stereocenters. The molecular formula is C8H17N2S. The Balaban J connectivity index is 2.21. The zero-order valence-electron chi connectivity index (χ0n) is 7.42. The summed E-state index contributed by atoms with van der Waals surface area (Å²) in [6.07, 6.45) is 1.72. The summed E-state index contributed by atoms with van der Waals surface area (Å²) in [5.74, 6) is 2.41. The number of hydrogen-bond donors (Lipinski definition) is 0. The van der Waals surface area contributed by atoms with Crippen LogP contribution in [0, 0.1) is 0 Å². The minimum atomic E-state index is 0.494. The van der Waals surface area contributed by atoms with E-state index in [4.69, 9.17) is 0 Å². The van der Waals surface area contributed by atoms with E-state index in [2.05, 4.69) is 24.2 Å². The van der Waals surface area contributed by atoms with Crippen LogP contribution in [0.5, 0.6) is 0 Å². The average molecular weight is 173 g/mol. The smallest absolute Gasteiger partial charge is 0.0850 e. The van der Waals surface area contributed by atoms with Crippen molar-refractivity contribution >= 4 is 11.8 Å². The number of rotatable bonds is 3. The van der Waals surface area contributed by atoms with Crippen LogP contribution in [-0.2, 0) is 0 Å². The molecule has 0 amide bonds. The van der Waals surface area contributed by atoms with Crippen LogP contribution in [0.4, 0.5) is 0 Å². The first-order valence-electron chi connectivity index (χ1n) is 4.29. The molecule has 0 aliphatic carbocycles. The second kappa shape index (κ2) is 5.01. The highest BCUT2D eigenvalue weighted by atomic mass is 32.2. The molecule has 0 spiro atoms. The molecule has 0 aromatic rings. The van der Waals surface area contributed by atoms with Gasteiger partial charge in [-0.25, -0.2) is 5.32 Å². The summed E-state index contributed by atoms with van der Waals surface area (Å²) in [4.78, 5) is 2.35. The lowest BCUT2D eigenvalue weighted by molar-refractivity contribution is 0.221. The Morgan fingerprint density at radius 3 is 3.00 bits per heavy atom. The van der Waals surface area contributed by atoms with E-state index in [1.807, 2.05) is 11.8 Å². The maximum Gasteiger partial charge on any atom is 0.0850 e. The highest BCUT2D eigenvalue weighted by Crippen LogP contribution is 2.11. The number of hydrogen-bond acceptors (Lipinski definition) is 2. The van der Waals surface area contributed by atoms with E-state index >= 15 is 0 Å². The Kier molecular flexibility index (Phi) is 4.26. The van der Waals surface area contributed by atoms with Gasteiger partial charge in [-0.2, -0.15) is 11.8 Å². The highest BCUT2D eigenvalue weighted by Gasteiger charge is 2.17. The van der Waals surface area contributed by atoms with Crippen molar-refractivity contribution in [2.24, 2.45) is 0 Å². The maximum absolute atomic E-state index is 4.55. The third-order valence-electron chi connectivity index (χ3n) is 1.93. The van der Waals surface area contributed by atoms with Gasteiger partial charge in [-0.1, -0.05) is 6.92 Å². The van der Waals surface area contributed by atoms with Gasteiger partial charge in [0.1, 0.15) is 0 Å². The Labute approximate surface area is 73.7 Å². The SMILES string of the molecule is CCCN(C)C1CSCC[N]1. The van der Waals surface area contributed by atoms with Crippen LogP contribution in [0.2, 0.25) is 0 Å². The lowest BCUT2D eigenvalue weighted by Crippen LogP contribution is -2.44. The largest absolute Gasteiger partial charge is 0.289 e. The summed E-state index contributed by atoms with van der Waals surface area (Å²) in [6.45, 7) is 4.44. The topological polar surface area (TPSA) is 17.3 Å². The Morgan fingerprint density at radius 1 is 1.64 bits per heavy atom. The predicted octanol–water partition coefficient (Wildman–Crippen LogP) is 1.01. The van der Waals surface area contributed by atoms with Crippen molar-refractivity contribution in [3.8, 4) is 0 Å². The van der Waals surface area contributed by atoms with Gasteiger partial charge in [-0.05, 0) is 20.0 Å². The van der Waals surface area contributed by atoms with Gasteiger partial charge >= 0.3 is 0 Å². The third-order valence-corrected chi connectivity index (χ3v) is 2.93. The fourth-order valence-electron chi connectivity index (χ4n) is 1.28. The second-order valence-corrected chi connectivity index (χ2v) is 4.09. The highest BCUT2D eigenvalue weighted by molar-refractivity contribution is 7.99. The molecule has 1 aliphatic heterocycles. The van der Waals surface area contributed by atoms with E-state index in [1.165, 1.54) is 24.5 Å². The summed E-state index contributed by atoms with van der Waals surface area (Å²) < 4.78 is 0. The summed E-state index contributed by atoms with van der Waals surface area (Å²) >= 11 is 2.02. The zero-order valence-corrected chi connectivity index (χ0v) is 8.23. The van der Waals surface area contributed by atoms with Crippen molar-refractivity contribution in [2.75, 3.05) is 31.6 Å². The van der Waals surface area contributed by atoms with Gasteiger partial charge in [-0.15, -0.1) is 0 Å². The molecule has 2 nitrogen and oxygen atoms in total. The minimum absolute atomic E-state index is 0.494. The number of nitrogens with zero attached hydrogens (tertiary/aromatic N) is 2. The lowest BCUT2D eigenvalue weighted by Gasteiger charge is -2.29. The first-order chi connectivity index (χ1) is 5.34. The van der Waals surface area contributed by atoms with Crippen molar-refractivity contribution < 1.29 is 0 Å². The molecule has 0 bridgehead atoms. The maximum atomic E-state index is 4.55. The molecule has 1 rings (SSSR count). The minimum Gasteiger partial charge on any atom is -0.289 e. The second-order valence-electron chi connectivity index (χ2n) is 2.94. The van der Waals surface area contributed by atoms with Gasteiger partial charge in [0, 0.05) is 18.1 Å². The standard InChI is InChI=1S/C8H17N2S/c1-3-5-10(2)8-7-11-6-4-9-8/h8H,3-7H2,1-2H3. The van der Waals surface area contributed by atoms with E-state index < -0.39 is 0 Å². The van der Waals surface area contributed by atoms with E-state index in [0.717, 1.165) is 6.54 Å². The van der Waals surface area contributed by atoms with Gasteiger partial charge < -0.3 is 0 Å². The summed E-state index contributed by atoms with van der Waals surface area (Å²) in [6, 6.07) is 0. The molecule has 11 heavy (non-hydrogen) atoms. The first kappa shape index (κ1) is 9.36. The Hall–Kier alpha value is 0.270. The molecule has 0 saturated carbocycles. The molecule has 1 radical (unpaired) electrons. The fraction of sp³-hybridized carbons (Fsp3) is 1.00. The zero-order chi connectivity index (χ0) is 8.10. The third kappa shape index (κ3) is 3.01. The van der Waals surface area contributed by atoms with E-state index in [-0.39, 0.29) is 0 Å². The normalized spacial score (nSPS) is 25.9. The predicted molar refractivity (Wildman–Crippen MR) is 51.0 cm³/mol. The quantitative estimate of drug-likeness (QED) is 0.633. The molecule has 1 fully saturated rings. The number of thioether (sulfide) groups is 1. The van der Waals surface area contributed by atoms with Crippen molar-refractivity contribution in [1.29, 1.82) is 0 Å². The van der Waals surface area contributed by atoms with Gasteiger partial charge in [0.15, 0.2) is 0 Å². The van der Waals surface area contributed by atoms with Crippen LogP contribution in [0.15, 0.2) is 0 Å². The van der Waals surface area contributed by atoms with E-state index in [9.17, 15) is 0 Å². The van der Waals surface area contributed by atoms with Crippen LogP contribution in [-0.4, -0.2) is 42.7 Å². The van der Waals surface area contributed by atoms with Crippen LogP contribution >= 0.6 is 11.8 Å². The van der Waals surface area contributed by atoms with Gasteiger partial charge in [-0.3, -0.25) is 4.90 Å². The molecule has 0 aromatic heterocycles. The molecule has 65 valence electrons. The van der Waals surface area contributed by atoms with Gasteiger partial charge in [0.2, 0.25) is 0 Å². The van der Waals surface area contributed by atoms with Crippen LogP contribution in [0.1, 0.15) is 13.3 Å². The Morgan fingerprint density at radius 2 is 2.45 bits per heavy atom. The van der Waals surface area contributed by atoms with Crippen molar-refractivity contribution in [3.05, 3.63) is 0 Å². The summed E-state index contributed by atoms with van der Waals surface area (Å²) in [5, 5.41) is 4.55. The molecule has 1 aliphatic rings. The lowest BCUT2D eigenvalue weighted by atomic mass is 10.4. The van der Waals surface area contributed by atoms with E-state index in [1.54, 1.807) is 0 Å².